The van der Waals surface area contributed by atoms with Crippen LogP contribution in [0.25, 0.3) is 0 Å². The molecule has 0 spiro atoms. The first-order valence-corrected chi connectivity index (χ1v) is 9.65. The van der Waals surface area contributed by atoms with Crippen molar-refractivity contribution < 1.29 is 19.1 Å². The molecular formula is C20H19ClN4O4. The summed E-state index contributed by atoms with van der Waals surface area (Å²) >= 11 is 6.10. The number of ether oxygens (including phenoxy) is 2. The van der Waals surface area contributed by atoms with Crippen LogP contribution in [-0.4, -0.2) is 55.5 Å². The Balaban J connectivity index is 1.79. The number of aromatic nitrogens is 1. The van der Waals surface area contributed by atoms with Crippen LogP contribution in [-0.2, 0) is 14.3 Å². The lowest BCUT2D eigenvalue weighted by Crippen LogP contribution is -2.37. The number of anilines is 2. The van der Waals surface area contributed by atoms with Gasteiger partial charge in [-0.25, -0.2) is 14.8 Å². The number of morpholine rings is 1. The van der Waals surface area contributed by atoms with E-state index in [1.807, 2.05) is 4.90 Å². The molecule has 0 atom stereocenters. The van der Waals surface area contributed by atoms with Crippen molar-refractivity contribution in [1.29, 1.82) is 0 Å². The van der Waals surface area contributed by atoms with Crippen molar-refractivity contribution >= 4 is 46.4 Å². The van der Waals surface area contributed by atoms with Crippen LogP contribution in [0.1, 0.15) is 23.0 Å². The molecular weight excluding hydrogens is 396 g/mol. The molecule has 1 aromatic heterocycles. The van der Waals surface area contributed by atoms with Gasteiger partial charge in [0.25, 0.3) is 5.91 Å². The molecule has 8 nitrogen and oxygen atoms in total. The first kappa shape index (κ1) is 19.4. The van der Waals surface area contributed by atoms with Crippen molar-refractivity contribution in [2.45, 2.75) is 6.92 Å². The van der Waals surface area contributed by atoms with Crippen molar-refractivity contribution in [1.82, 2.24) is 4.98 Å². The number of carbonyl (C=O) groups excluding carboxylic acids is 2. The minimum atomic E-state index is -0.503. The van der Waals surface area contributed by atoms with Crippen LogP contribution in [0, 0.1) is 0 Å². The maximum atomic E-state index is 12.5. The number of aliphatic imine (C=N–C) groups is 1. The molecule has 0 unspecified atom stereocenters. The van der Waals surface area contributed by atoms with E-state index in [-0.39, 0.29) is 23.9 Å². The summed E-state index contributed by atoms with van der Waals surface area (Å²) in [6.45, 7) is 4.29. The number of halogens is 1. The lowest BCUT2D eigenvalue weighted by atomic mass is 10.1. The minimum absolute atomic E-state index is 0.191. The average molecular weight is 415 g/mol. The highest BCUT2D eigenvalue weighted by Crippen LogP contribution is 2.32. The Morgan fingerprint density at radius 2 is 2.10 bits per heavy atom. The normalized spacial score (nSPS) is 17.2. The van der Waals surface area contributed by atoms with Gasteiger partial charge in [-0.3, -0.25) is 4.79 Å². The molecule has 0 radical (unpaired) electrons. The molecule has 0 saturated carbocycles. The van der Waals surface area contributed by atoms with Crippen molar-refractivity contribution in [3.63, 3.8) is 0 Å². The largest absolute Gasteiger partial charge is 0.461 e. The van der Waals surface area contributed by atoms with E-state index in [9.17, 15) is 9.59 Å². The second-order valence-corrected chi connectivity index (χ2v) is 6.90. The van der Waals surface area contributed by atoms with Gasteiger partial charge in [0.2, 0.25) is 0 Å². The molecule has 0 aliphatic carbocycles. The number of carbonyl (C=O) groups is 2. The SMILES string of the molecule is CCOC(=O)c1ccc(N=C2C(=O)Nc3ccc(Cl)cc32)c(N2CCOCC2)n1. The third-order valence-corrected chi connectivity index (χ3v) is 4.82. The van der Waals surface area contributed by atoms with Crippen molar-refractivity contribution in [2.75, 3.05) is 43.1 Å². The lowest BCUT2D eigenvalue weighted by Gasteiger charge is -2.28. The van der Waals surface area contributed by atoms with Gasteiger partial charge in [0, 0.05) is 23.7 Å². The number of amides is 1. The van der Waals surface area contributed by atoms with E-state index in [0.29, 0.717) is 54.1 Å². The fourth-order valence-corrected chi connectivity index (χ4v) is 3.38. The predicted octanol–water partition coefficient (Wildman–Crippen LogP) is 2.82. The molecule has 2 aromatic rings. The molecule has 1 fully saturated rings. The Bertz CT molecular complexity index is 1000. The summed E-state index contributed by atoms with van der Waals surface area (Å²) in [4.78, 5) is 35.7. The van der Waals surface area contributed by atoms with Gasteiger partial charge >= 0.3 is 5.97 Å². The second kappa shape index (κ2) is 8.18. The topological polar surface area (TPSA) is 93.1 Å². The summed E-state index contributed by atoms with van der Waals surface area (Å²) in [6.07, 6.45) is 0. The van der Waals surface area contributed by atoms with E-state index in [4.69, 9.17) is 21.1 Å². The first-order chi connectivity index (χ1) is 14.1. The zero-order valence-corrected chi connectivity index (χ0v) is 16.5. The number of esters is 1. The summed E-state index contributed by atoms with van der Waals surface area (Å²) < 4.78 is 10.5. The Kier molecular flexibility index (Phi) is 5.46. The van der Waals surface area contributed by atoms with E-state index >= 15 is 0 Å². The van der Waals surface area contributed by atoms with Gasteiger partial charge in [0.15, 0.2) is 11.5 Å². The van der Waals surface area contributed by atoms with Gasteiger partial charge in [0.05, 0.1) is 25.5 Å². The van der Waals surface area contributed by atoms with Crippen LogP contribution in [0.4, 0.5) is 17.2 Å². The molecule has 0 bridgehead atoms. The van der Waals surface area contributed by atoms with E-state index in [0.717, 1.165) is 0 Å². The van der Waals surface area contributed by atoms with Gasteiger partial charge in [-0.05, 0) is 37.3 Å². The molecule has 1 N–H and O–H groups in total. The van der Waals surface area contributed by atoms with Crippen LogP contribution in [0.15, 0.2) is 35.3 Å². The summed E-state index contributed by atoms with van der Waals surface area (Å²) in [5.41, 5.74) is 2.21. The molecule has 150 valence electrons. The van der Waals surface area contributed by atoms with Gasteiger partial charge in [0.1, 0.15) is 11.4 Å². The highest BCUT2D eigenvalue weighted by atomic mass is 35.5. The highest BCUT2D eigenvalue weighted by Gasteiger charge is 2.27. The predicted molar refractivity (Wildman–Crippen MR) is 110 cm³/mol. The minimum Gasteiger partial charge on any atom is -0.461 e. The Labute approximate surface area is 172 Å². The van der Waals surface area contributed by atoms with Gasteiger partial charge in [-0.2, -0.15) is 0 Å². The fourth-order valence-electron chi connectivity index (χ4n) is 3.21. The van der Waals surface area contributed by atoms with Crippen LogP contribution >= 0.6 is 11.6 Å². The van der Waals surface area contributed by atoms with Gasteiger partial charge < -0.3 is 19.7 Å². The second-order valence-electron chi connectivity index (χ2n) is 6.46. The third-order valence-electron chi connectivity index (χ3n) is 4.58. The smallest absolute Gasteiger partial charge is 0.357 e. The molecule has 2 aliphatic rings. The maximum absolute atomic E-state index is 12.5. The maximum Gasteiger partial charge on any atom is 0.357 e. The van der Waals surface area contributed by atoms with Crippen molar-refractivity contribution in [3.05, 3.63) is 46.6 Å². The average Bonchev–Trinajstić information content (AvgIpc) is 3.03. The fraction of sp³-hybridized carbons (Fsp3) is 0.300. The zero-order chi connectivity index (χ0) is 20.4. The summed E-state index contributed by atoms with van der Waals surface area (Å²) in [6, 6.07) is 8.37. The molecule has 4 rings (SSSR count). The molecule has 1 saturated heterocycles. The molecule has 2 aliphatic heterocycles. The Morgan fingerprint density at radius 1 is 1.31 bits per heavy atom. The number of nitrogens with zero attached hydrogens (tertiary/aromatic N) is 3. The van der Waals surface area contributed by atoms with Crippen LogP contribution in [0.2, 0.25) is 5.02 Å². The standard InChI is InChI=1S/C20H19ClN4O4/c1-2-29-20(27)16-6-5-15(18(23-16)25-7-9-28-10-8-25)22-17-13-11-12(21)3-4-14(13)24-19(17)26/h3-6,11H,2,7-10H2,1H3,(H,22,24,26). The summed E-state index contributed by atoms with van der Waals surface area (Å²) in [5.74, 6) is -0.309. The molecule has 29 heavy (non-hydrogen) atoms. The monoisotopic (exact) mass is 414 g/mol. The number of hydrogen-bond donors (Lipinski definition) is 1. The summed E-state index contributed by atoms with van der Waals surface area (Å²) in [5, 5.41) is 3.30. The summed E-state index contributed by atoms with van der Waals surface area (Å²) in [7, 11) is 0. The molecule has 3 heterocycles. The highest BCUT2D eigenvalue weighted by molar-refractivity contribution is 6.54. The number of rotatable bonds is 4. The molecule has 1 amide bonds. The van der Waals surface area contributed by atoms with Crippen LogP contribution < -0.4 is 10.2 Å². The van der Waals surface area contributed by atoms with E-state index in [1.54, 1.807) is 37.3 Å². The number of nitrogens with one attached hydrogen (secondary N) is 1. The van der Waals surface area contributed by atoms with E-state index in [2.05, 4.69) is 15.3 Å². The number of pyridine rings is 1. The van der Waals surface area contributed by atoms with Crippen molar-refractivity contribution in [2.24, 2.45) is 4.99 Å². The molecule has 1 aromatic carbocycles. The van der Waals surface area contributed by atoms with Crippen LogP contribution in [0.3, 0.4) is 0 Å². The quantitative estimate of drug-likeness (QED) is 0.773. The zero-order valence-electron chi connectivity index (χ0n) is 15.8. The van der Waals surface area contributed by atoms with Crippen LogP contribution in [0.5, 0.6) is 0 Å². The third kappa shape index (κ3) is 3.94. The number of fused-ring (bicyclic) bond motifs is 1. The first-order valence-electron chi connectivity index (χ1n) is 9.27. The van der Waals surface area contributed by atoms with E-state index in [1.165, 1.54) is 0 Å². The number of hydrogen-bond acceptors (Lipinski definition) is 7. The van der Waals surface area contributed by atoms with Gasteiger partial charge in [-0.1, -0.05) is 11.6 Å². The lowest BCUT2D eigenvalue weighted by molar-refractivity contribution is -0.110. The Morgan fingerprint density at radius 3 is 2.86 bits per heavy atom. The Hall–Kier alpha value is -2.97. The van der Waals surface area contributed by atoms with Crippen molar-refractivity contribution in [3.8, 4) is 0 Å². The van der Waals surface area contributed by atoms with Gasteiger partial charge in [-0.15, -0.1) is 0 Å². The molecule has 9 heteroatoms. The van der Waals surface area contributed by atoms with E-state index < -0.39 is 5.97 Å². The number of benzene rings is 1.